The van der Waals surface area contributed by atoms with Gasteiger partial charge in [-0.05, 0) is 36.8 Å². The molecule has 10 heteroatoms. The van der Waals surface area contributed by atoms with Crippen LogP contribution >= 0.6 is 23.5 Å². The summed E-state index contributed by atoms with van der Waals surface area (Å²) in [5, 5.41) is 21.6. The molecule has 2 heterocycles. The molecule has 1 fully saturated rings. The molecule has 8 nitrogen and oxygen atoms in total. The highest BCUT2D eigenvalue weighted by Crippen LogP contribution is 2.51. The van der Waals surface area contributed by atoms with Crippen LogP contribution in [0.25, 0.3) is 0 Å². The molecule has 4 atom stereocenters. The van der Waals surface area contributed by atoms with Crippen LogP contribution in [0.15, 0.2) is 70.1 Å². The second-order valence-electron chi connectivity index (χ2n) is 8.19. The highest BCUT2D eigenvalue weighted by molar-refractivity contribution is 8.17. The van der Waals surface area contributed by atoms with Crippen molar-refractivity contribution in [2.45, 2.75) is 37.5 Å². The van der Waals surface area contributed by atoms with Crippen molar-refractivity contribution in [3.63, 3.8) is 0 Å². The van der Waals surface area contributed by atoms with E-state index in [1.807, 2.05) is 37.3 Å². The average Bonchev–Trinajstić information content (AvgIpc) is 3.06. The largest absolute Gasteiger partial charge is 0.456 e. The Bertz CT molecular complexity index is 1120. The minimum atomic E-state index is -0.809. The highest BCUT2D eigenvalue weighted by Gasteiger charge is 2.60. The lowest BCUT2D eigenvalue weighted by atomic mass is 9.79. The van der Waals surface area contributed by atoms with E-state index in [9.17, 15) is 24.8 Å². The van der Waals surface area contributed by atoms with Gasteiger partial charge in [0, 0.05) is 32.9 Å². The van der Waals surface area contributed by atoms with E-state index in [1.54, 1.807) is 18.7 Å². The summed E-state index contributed by atoms with van der Waals surface area (Å²) in [6, 6.07) is 15.4. The lowest BCUT2D eigenvalue weighted by molar-refractivity contribution is -0.384. The van der Waals surface area contributed by atoms with Crippen molar-refractivity contribution >= 4 is 41.1 Å². The van der Waals surface area contributed by atoms with E-state index in [0.29, 0.717) is 10.6 Å². The first kappa shape index (κ1) is 24.3. The molecular formula is C24H24N2O6S2. The third-order valence-corrected chi connectivity index (χ3v) is 8.43. The van der Waals surface area contributed by atoms with Crippen LogP contribution in [0, 0.1) is 22.0 Å². The molecule has 2 aromatic carbocycles. The standard InChI is InChI=1S/C24H24N2O6S2/c1-14-20-19(15(2)27)23(28)25(20)21(22(14)34-13-33-18-6-4-3-5-7-18)24(29)32-12-16-8-10-17(11-9-16)26(30)31/h3-11,14-15,19-20,27H,12-13H2,1-2H3/t14-,15-,19-,20-/m1/s1. The number of hydrogen-bond acceptors (Lipinski definition) is 8. The highest BCUT2D eigenvalue weighted by atomic mass is 32.2. The van der Waals surface area contributed by atoms with Crippen LogP contribution in [0.4, 0.5) is 5.69 Å². The number of carbonyl (C=O) groups is 2. The van der Waals surface area contributed by atoms with Gasteiger partial charge >= 0.3 is 5.97 Å². The van der Waals surface area contributed by atoms with Gasteiger partial charge in [-0.3, -0.25) is 14.9 Å². The summed E-state index contributed by atoms with van der Waals surface area (Å²) in [5.41, 5.74) is 0.794. The van der Waals surface area contributed by atoms with Gasteiger partial charge in [0.1, 0.15) is 12.3 Å². The zero-order valence-electron chi connectivity index (χ0n) is 18.6. The molecule has 2 aliphatic heterocycles. The van der Waals surface area contributed by atoms with Crippen LogP contribution in [0.3, 0.4) is 0 Å². The molecule has 2 aromatic rings. The van der Waals surface area contributed by atoms with Crippen LogP contribution in [-0.2, 0) is 20.9 Å². The number of non-ortho nitro benzene ring substituents is 1. The number of benzene rings is 2. The normalized spacial score (nSPS) is 22.3. The quantitative estimate of drug-likeness (QED) is 0.136. The van der Waals surface area contributed by atoms with Crippen molar-refractivity contribution in [3.8, 4) is 0 Å². The molecule has 0 aliphatic carbocycles. The average molecular weight is 501 g/mol. The predicted octanol–water partition coefficient (Wildman–Crippen LogP) is 4.19. The number of amides is 1. The van der Waals surface area contributed by atoms with Crippen molar-refractivity contribution in [1.82, 2.24) is 4.90 Å². The molecule has 0 radical (unpaired) electrons. The van der Waals surface area contributed by atoms with Crippen LogP contribution < -0.4 is 0 Å². The Balaban J connectivity index is 1.51. The second-order valence-corrected chi connectivity index (χ2v) is 10.6. The van der Waals surface area contributed by atoms with Crippen molar-refractivity contribution in [2.75, 3.05) is 5.08 Å². The first-order valence-electron chi connectivity index (χ1n) is 10.8. The monoisotopic (exact) mass is 500 g/mol. The number of β-lactam (4-membered cyclic amide) rings is 1. The molecular weight excluding hydrogens is 476 g/mol. The maximum Gasteiger partial charge on any atom is 0.356 e. The fourth-order valence-corrected chi connectivity index (χ4v) is 6.67. The number of aliphatic hydroxyl groups is 1. The van der Waals surface area contributed by atoms with Crippen LogP contribution in [0.2, 0.25) is 0 Å². The minimum Gasteiger partial charge on any atom is -0.456 e. The van der Waals surface area contributed by atoms with Gasteiger partial charge in [-0.1, -0.05) is 25.1 Å². The van der Waals surface area contributed by atoms with E-state index >= 15 is 0 Å². The number of thioether (sulfide) groups is 2. The number of fused-ring (bicyclic) bond motifs is 1. The Morgan fingerprint density at radius 2 is 1.85 bits per heavy atom. The maximum absolute atomic E-state index is 13.1. The fraction of sp³-hybridized carbons (Fsp3) is 0.333. The van der Waals surface area contributed by atoms with Gasteiger partial charge < -0.3 is 14.7 Å². The molecule has 1 amide bonds. The van der Waals surface area contributed by atoms with E-state index in [0.717, 1.165) is 9.80 Å². The smallest absolute Gasteiger partial charge is 0.356 e. The summed E-state index contributed by atoms with van der Waals surface area (Å²) in [6.07, 6.45) is -0.809. The lowest BCUT2D eigenvalue weighted by Gasteiger charge is -2.46. The summed E-state index contributed by atoms with van der Waals surface area (Å²) in [5.74, 6) is -1.55. The van der Waals surface area contributed by atoms with Crippen molar-refractivity contribution in [1.29, 1.82) is 0 Å². The molecule has 2 aliphatic rings. The van der Waals surface area contributed by atoms with Gasteiger partial charge in [-0.25, -0.2) is 4.79 Å². The lowest BCUT2D eigenvalue weighted by Crippen LogP contribution is -2.63. The molecule has 4 rings (SSSR count). The van der Waals surface area contributed by atoms with E-state index < -0.39 is 22.9 Å². The minimum absolute atomic E-state index is 0.0461. The first-order chi connectivity index (χ1) is 16.3. The summed E-state index contributed by atoms with van der Waals surface area (Å²) in [4.78, 5) is 39.6. The molecule has 178 valence electrons. The number of hydrogen-bond donors (Lipinski definition) is 1. The molecule has 0 unspecified atom stereocenters. The van der Waals surface area contributed by atoms with Gasteiger partial charge in [0.05, 0.1) is 23.0 Å². The van der Waals surface area contributed by atoms with Gasteiger partial charge in [-0.15, -0.1) is 23.5 Å². The number of nitrogens with zero attached hydrogens (tertiary/aromatic N) is 2. The van der Waals surface area contributed by atoms with Gasteiger partial charge in [-0.2, -0.15) is 0 Å². The SMILES string of the molecule is C[C@@H](O)[C@H]1C(=O)N2C(C(=O)OCc3ccc([N+](=O)[O-])cc3)=C(SCSc3ccccc3)[C@H](C)[C@H]12. The zero-order chi connectivity index (χ0) is 24.4. The molecule has 1 saturated heterocycles. The zero-order valence-corrected chi connectivity index (χ0v) is 20.3. The van der Waals surface area contributed by atoms with E-state index in [2.05, 4.69) is 0 Å². The molecule has 0 saturated carbocycles. The maximum atomic E-state index is 13.1. The Kier molecular flexibility index (Phi) is 7.30. The summed E-state index contributed by atoms with van der Waals surface area (Å²) in [7, 11) is 0. The summed E-state index contributed by atoms with van der Waals surface area (Å²) < 4.78 is 5.51. The number of nitro benzene ring substituents is 1. The predicted molar refractivity (Wildman–Crippen MR) is 130 cm³/mol. The summed E-state index contributed by atoms with van der Waals surface area (Å²) in [6.45, 7) is 3.49. The second kappa shape index (κ2) is 10.2. The number of rotatable bonds is 9. The van der Waals surface area contributed by atoms with E-state index in [4.69, 9.17) is 4.74 Å². The fourth-order valence-electron chi connectivity index (χ4n) is 4.31. The first-order valence-corrected chi connectivity index (χ1v) is 12.7. The number of esters is 1. The molecule has 0 aromatic heterocycles. The Morgan fingerprint density at radius 3 is 2.47 bits per heavy atom. The Morgan fingerprint density at radius 1 is 1.18 bits per heavy atom. The van der Waals surface area contributed by atoms with Crippen molar-refractivity contribution in [2.24, 2.45) is 11.8 Å². The number of carbonyl (C=O) groups excluding carboxylic acids is 2. The summed E-state index contributed by atoms with van der Waals surface area (Å²) >= 11 is 3.14. The Hall–Kier alpha value is -2.82. The van der Waals surface area contributed by atoms with Crippen LogP contribution in [-0.4, -0.2) is 44.0 Å². The number of nitro groups is 1. The number of ether oxygens (including phenoxy) is 1. The van der Waals surface area contributed by atoms with Crippen molar-refractivity contribution < 1.29 is 24.4 Å². The molecule has 34 heavy (non-hydrogen) atoms. The topological polar surface area (TPSA) is 110 Å². The molecule has 0 bridgehead atoms. The third-order valence-electron chi connectivity index (χ3n) is 6.00. The van der Waals surface area contributed by atoms with Gasteiger partial charge in [0.2, 0.25) is 5.91 Å². The van der Waals surface area contributed by atoms with Gasteiger partial charge in [0.15, 0.2) is 0 Å². The van der Waals surface area contributed by atoms with Gasteiger partial charge in [0.25, 0.3) is 5.69 Å². The van der Waals surface area contributed by atoms with Crippen molar-refractivity contribution in [3.05, 3.63) is 80.9 Å². The Labute approximate surface area is 205 Å². The van der Waals surface area contributed by atoms with Crippen LogP contribution in [0.1, 0.15) is 19.4 Å². The van der Waals surface area contributed by atoms with E-state index in [-0.39, 0.29) is 35.9 Å². The third kappa shape index (κ3) is 4.70. The molecule has 0 spiro atoms. The van der Waals surface area contributed by atoms with Crippen LogP contribution in [0.5, 0.6) is 0 Å². The van der Waals surface area contributed by atoms with E-state index in [1.165, 1.54) is 40.9 Å². The molecule has 1 N–H and O–H groups in total. The number of aliphatic hydroxyl groups excluding tert-OH is 1.